The Kier molecular flexibility index (Phi) is 4.31. The molecule has 2 rings (SSSR count). The lowest BCUT2D eigenvalue weighted by atomic mass is 10.1. The fourth-order valence-corrected chi connectivity index (χ4v) is 2.17. The average molecular weight is 328 g/mol. The van der Waals surface area contributed by atoms with Crippen molar-refractivity contribution in [1.29, 1.82) is 0 Å². The van der Waals surface area contributed by atoms with Gasteiger partial charge in [0.2, 0.25) is 0 Å². The van der Waals surface area contributed by atoms with Crippen LogP contribution in [0.4, 0.5) is 20.3 Å². The second-order valence-corrected chi connectivity index (χ2v) is 4.91. The summed E-state index contributed by atoms with van der Waals surface area (Å²) in [5, 5.41) is 3.07. The summed E-state index contributed by atoms with van der Waals surface area (Å²) in [5.41, 5.74) is 6.73. The third-order valence-corrected chi connectivity index (χ3v) is 3.10. The minimum Gasteiger partial charge on any atom is -0.397 e. The monoisotopic (exact) mass is 327 g/mol. The molecule has 0 saturated carbocycles. The first-order valence-corrected chi connectivity index (χ1v) is 6.44. The number of anilines is 2. The maximum absolute atomic E-state index is 13.0. The van der Waals surface area contributed by atoms with E-state index in [9.17, 15) is 8.78 Å². The van der Waals surface area contributed by atoms with Gasteiger partial charge in [0.1, 0.15) is 17.5 Å². The second-order valence-electron chi connectivity index (χ2n) is 4.05. The maximum Gasteiger partial charge on any atom is 0.140 e. The first kappa shape index (κ1) is 13.7. The van der Waals surface area contributed by atoms with Crippen molar-refractivity contribution in [2.45, 2.75) is 6.42 Å². The second kappa shape index (κ2) is 5.97. The van der Waals surface area contributed by atoms with Gasteiger partial charge in [-0.2, -0.15) is 0 Å². The molecule has 0 atom stereocenters. The van der Waals surface area contributed by atoms with E-state index in [4.69, 9.17) is 5.73 Å². The predicted molar refractivity (Wildman–Crippen MR) is 74.9 cm³/mol. The van der Waals surface area contributed by atoms with Crippen molar-refractivity contribution in [3.05, 3.63) is 52.1 Å². The Bertz CT molecular complexity index is 570. The quantitative estimate of drug-likeness (QED) is 0.905. The molecule has 0 unspecified atom stereocenters. The maximum atomic E-state index is 13.0. The Morgan fingerprint density at radius 3 is 2.47 bits per heavy atom. The number of benzene rings is 1. The van der Waals surface area contributed by atoms with Crippen molar-refractivity contribution in [2.24, 2.45) is 0 Å². The summed E-state index contributed by atoms with van der Waals surface area (Å²) in [6, 6.07) is 5.22. The zero-order valence-electron chi connectivity index (χ0n) is 9.96. The van der Waals surface area contributed by atoms with E-state index in [-0.39, 0.29) is 0 Å². The van der Waals surface area contributed by atoms with Crippen LogP contribution in [0.2, 0.25) is 0 Å². The predicted octanol–water partition coefficient (Wildman–Crippen LogP) is 3.36. The van der Waals surface area contributed by atoms with E-state index in [1.807, 2.05) is 0 Å². The fraction of sp³-hybridized carbons (Fsp3) is 0.154. The van der Waals surface area contributed by atoms with Crippen LogP contribution in [0.5, 0.6) is 0 Å². The van der Waals surface area contributed by atoms with Crippen LogP contribution in [0.3, 0.4) is 0 Å². The molecule has 0 fully saturated rings. The van der Waals surface area contributed by atoms with Gasteiger partial charge < -0.3 is 11.1 Å². The largest absolute Gasteiger partial charge is 0.397 e. The van der Waals surface area contributed by atoms with Gasteiger partial charge in [-0.25, -0.2) is 13.8 Å². The number of nitrogen functional groups attached to an aromatic ring is 1. The van der Waals surface area contributed by atoms with Gasteiger partial charge in [0.25, 0.3) is 0 Å². The summed E-state index contributed by atoms with van der Waals surface area (Å²) in [5.74, 6) is -0.491. The Hall–Kier alpha value is -1.69. The molecule has 0 bridgehead atoms. The summed E-state index contributed by atoms with van der Waals surface area (Å²) in [6.45, 7) is 0.512. The highest BCUT2D eigenvalue weighted by atomic mass is 79.9. The van der Waals surface area contributed by atoms with Gasteiger partial charge in [0.05, 0.1) is 16.4 Å². The fourth-order valence-electron chi connectivity index (χ4n) is 1.66. The zero-order chi connectivity index (χ0) is 13.8. The molecule has 1 aromatic heterocycles. The van der Waals surface area contributed by atoms with Gasteiger partial charge >= 0.3 is 0 Å². The number of halogens is 3. The molecule has 0 amide bonds. The lowest BCUT2D eigenvalue weighted by molar-refractivity contribution is 0.580. The lowest BCUT2D eigenvalue weighted by Gasteiger charge is -2.08. The number of nitrogens with two attached hydrogens (primary N) is 1. The Morgan fingerprint density at radius 2 is 1.84 bits per heavy atom. The molecule has 0 radical (unpaired) electrons. The van der Waals surface area contributed by atoms with Crippen LogP contribution in [0.1, 0.15) is 5.56 Å². The first-order chi connectivity index (χ1) is 9.04. The molecule has 0 spiro atoms. The van der Waals surface area contributed by atoms with E-state index in [2.05, 4.69) is 26.2 Å². The molecule has 0 aliphatic rings. The number of nitrogens with zero attached hydrogens (tertiary/aromatic N) is 1. The van der Waals surface area contributed by atoms with E-state index >= 15 is 0 Å². The zero-order valence-corrected chi connectivity index (χ0v) is 11.5. The third kappa shape index (κ3) is 3.89. The molecule has 3 N–H and O–H groups in total. The van der Waals surface area contributed by atoms with Crippen molar-refractivity contribution >= 4 is 27.4 Å². The van der Waals surface area contributed by atoms with E-state index in [0.29, 0.717) is 30.0 Å². The van der Waals surface area contributed by atoms with Crippen LogP contribution in [0.15, 0.2) is 34.9 Å². The molecule has 1 heterocycles. The van der Waals surface area contributed by atoms with Gasteiger partial charge in [-0.15, -0.1) is 0 Å². The smallest absolute Gasteiger partial charge is 0.140 e. The molecule has 0 saturated heterocycles. The van der Waals surface area contributed by atoms with Gasteiger partial charge in [0, 0.05) is 12.6 Å². The average Bonchev–Trinajstić information content (AvgIpc) is 2.30. The highest BCUT2D eigenvalue weighted by molar-refractivity contribution is 9.10. The summed E-state index contributed by atoms with van der Waals surface area (Å²) in [4.78, 5) is 4.11. The minimum absolute atomic E-state index is 0.493. The summed E-state index contributed by atoms with van der Waals surface area (Å²) >= 11 is 3.33. The molecule has 6 heteroatoms. The van der Waals surface area contributed by atoms with Crippen LogP contribution < -0.4 is 11.1 Å². The highest BCUT2D eigenvalue weighted by Crippen LogP contribution is 2.21. The number of rotatable bonds is 4. The first-order valence-electron chi connectivity index (χ1n) is 5.64. The molecule has 2 aromatic rings. The summed E-state index contributed by atoms with van der Waals surface area (Å²) < 4.78 is 26.7. The van der Waals surface area contributed by atoms with Crippen LogP contribution in [0, 0.1) is 11.6 Å². The molecule has 0 aliphatic heterocycles. The molecule has 100 valence electrons. The molecule has 0 aliphatic carbocycles. The lowest BCUT2D eigenvalue weighted by Crippen LogP contribution is -2.07. The van der Waals surface area contributed by atoms with Gasteiger partial charge in [-0.3, -0.25) is 0 Å². The number of hydrogen-bond donors (Lipinski definition) is 2. The third-order valence-electron chi connectivity index (χ3n) is 2.49. The van der Waals surface area contributed by atoms with E-state index in [1.165, 1.54) is 18.3 Å². The molecular formula is C13H12BrF2N3. The van der Waals surface area contributed by atoms with E-state index < -0.39 is 11.6 Å². The Morgan fingerprint density at radius 1 is 1.16 bits per heavy atom. The number of aromatic nitrogens is 1. The minimum atomic E-state index is -0.568. The molecule has 1 aromatic carbocycles. The topological polar surface area (TPSA) is 50.9 Å². The van der Waals surface area contributed by atoms with E-state index in [0.717, 1.165) is 10.5 Å². The van der Waals surface area contributed by atoms with Crippen molar-refractivity contribution in [3.8, 4) is 0 Å². The summed E-state index contributed by atoms with van der Waals surface area (Å²) in [6.07, 6.45) is 2.03. The van der Waals surface area contributed by atoms with Crippen molar-refractivity contribution < 1.29 is 8.78 Å². The van der Waals surface area contributed by atoms with Crippen LogP contribution in [-0.4, -0.2) is 11.5 Å². The van der Waals surface area contributed by atoms with Gasteiger partial charge in [-0.1, -0.05) is 0 Å². The van der Waals surface area contributed by atoms with Crippen molar-refractivity contribution in [3.63, 3.8) is 0 Å². The highest BCUT2D eigenvalue weighted by Gasteiger charge is 2.03. The summed E-state index contributed by atoms with van der Waals surface area (Å²) in [7, 11) is 0. The SMILES string of the molecule is Nc1cnc(NCCc2cc(F)cc(F)c2)c(Br)c1. The van der Waals surface area contributed by atoms with E-state index in [1.54, 1.807) is 6.07 Å². The van der Waals surface area contributed by atoms with Crippen LogP contribution in [-0.2, 0) is 6.42 Å². The number of hydrogen-bond acceptors (Lipinski definition) is 3. The normalized spacial score (nSPS) is 10.5. The Labute approximate surface area is 118 Å². The number of pyridine rings is 1. The molecule has 19 heavy (non-hydrogen) atoms. The molecule has 3 nitrogen and oxygen atoms in total. The molecular weight excluding hydrogens is 316 g/mol. The standard InChI is InChI=1S/C13H12BrF2N3/c14-12-6-11(17)7-19-13(12)18-2-1-8-3-9(15)5-10(16)4-8/h3-7H,1-2,17H2,(H,18,19). The van der Waals surface area contributed by atoms with Gasteiger partial charge in [-0.05, 0) is 46.1 Å². The van der Waals surface area contributed by atoms with Gasteiger partial charge in [0.15, 0.2) is 0 Å². The Balaban J connectivity index is 1.96. The number of nitrogens with one attached hydrogen (secondary N) is 1. The van der Waals surface area contributed by atoms with Crippen LogP contribution in [0.25, 0.3) is 0 Å². The van der Waals surface area contributed by atoms with Crippen molar-refractivity contribution in [2.75, 3.05) is 17.6 Å². The van der Waals surface area contributed by atoms with Crippen molar-refractivity contribution in [1.82, 2.24) is 4.98 Å². The van der Waals surface area contributed by atoms with Crippen LogP contribution >= 0.6 is 15.9 Å².